The summed E-state index contributed by atoms with van der Waals surface area (Å²) < 4.78 is 0.823. The van der Waals surface area contributed by atoms with Gasteiger partial charge in [-0.05, 0) is 35.9 Å². The summed E-state index contributed by atoms with van der Waals surface area (Å²) in [6.45, 7) is 0. The van der Waals surface area contributed by atoms with Crippen LogP contribution in [0.5, 0.6) is 0 Å². The van der Waals surface area contributed by atoms with Gasteiger partial charge in [-0.2, -0.15) is 0 Å². The van der Waals surface area contributed by atoms with Gasteiger partial charge in [0.2, 0.25) is 0 Å². The van der Waals surface area contributed by atoms with Crippen LogP contribution in [0, 0.1) is 0 Å². The molecule has 1 unspecified atom stereocenters. The standard InChI is InChI=1S/C13H9BrCl2O/c14-12-6-5-10(16)7-11(12)13(17)8-1-3-9(15)4-2-8/h1-7,13,17H. The van der Waals surface area contributed by atoms with Crippen molar-refractivity contribution in [2.75, 3.05) is 0 Å². The zero-order valence-electron chi connectivity index (χ0n) is 8.70. The minimum absolute atomic E-state index is 0.594. The molecule has 4 heteroatoms. The second-order valence-electron chi connectivity index (χ2n) is 3.62. The van der Waals surface area contributed by atoms with Gasteiger partial charge in [0.15, 0.2) is 0 Å². The molecule has 1 nitrogen and oxygen atoms in total. The third kappa shape index (κ3) is 3.02. The van der Waals surface area contributed by atoms with Crippen molar-refractivity contribution < 1.29 is 5.11 Å². The minimum atomic E-state index is -0.722. The average molecular weight is 332 g/mol. The van der Waals surface area contributed by atoms with Crippen LogP contribution in [0.2, 0.25) is 10.0 Å². The molecule has 0 aromatic heterocycles. The quantitative estimate of drug-likeness (QED) is 0.835. The van der Waals surface area contributed by atoms with Crippen molar-refractivity contribution in [1.29, 1.82) is 0 Å². The first-order chi connectivity index (χ1) is 8.08. The van der Waals surface area contributed by atoms with Crippen molar-refractivity contribution >= 4 is 39.1 Å². The summed E-state index contributed by atoms with van der Waals surface area (Å²) in [4.78, 5) is 0. The number of hydrogen-bond acceptors (Lipinski definition) is 1. The van der Waals surface area contributed by atoms with Crippen molar-refractivity contribution in [3.8, 4) is 0 Å². The van der Waals surface area contributed by atoms with Crippen molar-refractivity contribution in [3.05, 3.63) is 68.1 Å². The molecular weight excluding hydrogens is 323 g/mol. The Kier molecular flexibility index (Phi) is 4.10. The van der Waals surface area contributed by atoms with E-state index in [4.69, 9.17) is 23.2 Å². The largest absolute Gasteiger partial charge is 0.384 e. The van der Waals surface area contributed by atoms with Gasteiger partial charge >= 0.3 is 0 Å². The molecule has 17 heavy (non-hydrogen) atoms. The normalized spacial score (nSPS) is 12.5. The molecule has 0 saturated carbocycles. The van der Waals surface area contributed by atoms with E-state index in [0.717, 1.165) is 15.6 Å². The molecule has 0 aliphatic rings. The Balaban J connectivity index is 2.39. The highest BCUT2D eigenvalue weighted by Crippen LogP contribution is 2.31. The maximum atomic E-state index is 10.3. The maximum Gasteiger partial charge on any atom is 0.105 e. The molecule has 2 rings (SSSR count). The maximum absolute atomic E-state index is 10.3. The summed E-state index contributed by atoms with van der Waals surface area (Å²) >= 11 is 15.1. The lowest BCUT2D eigenvalue weighted by Crippen LogP contribution is -2.00. The minimum Gasteiger partial charge on any atom is -0.384 e. The van der Waals surface area contributed by atoms with Gasteiger partial charge in [-0.3, -0.25) is 0 Å². The van der Waals surface area contributed by atoms with Gasteiger partial charge in [0, 0.05) is 20.1 Å². The van der Waals surface area contributed by atoms with E-state index in [0.29, 0.717) is 10.0 Å². The highest BCUT2D eigenvalue weighted by Gasteiger charge is 2.13. The van der Waals surface area contributed by atoms with Crippen LogP contribution in [0.3, 0.4) is 0 Å². The van der Waals surface area contributed by atoms with Gasteiger partial charge in [0.25, 0.3) is 0 Å². The monoisotopic (exact) mass is 330 g/mol. The smallest absolute Gasteiger partial charge is 0.105 e. The van der Waals surface area contributed by atoms with Crippen LogP contribution in [0.4, 0.5) is 0 Å². The van der Waals surface area contributed by atoms with Gasteiger partial charge in [0.05, 0.1) is 0 Å². The Morgan fingerprint density at radius 2 is 1.53 bits per heavy atom. The predicted molar refractivity (Wildman–Crippen MR) is 74.7 cm³/mol. The number of aliphatic hydroxyl groups excluding tert-OH is 1. The second-order valence-corrected chi connectivity index (χ2v) is 5.35. The van der Waals surface area contributed by atoms with E-state index in [1.807, 2.05) is 6.07 Å². The highest BCUT2D eigenvalue weighted by atomic mass is 79.9. The number of halogens is 3. The first kappa shape index (κ1) is 12.9. The van der Waals surface area contributed by atoms with E-state index >= 15 is 0 Å². The van der Waals surface area contributed by atoms with Gasteiger partial charge in [-0.25, -0.2) is 0 Å². The van der Waals surface area contributed by atoms with E-state index in [2.05, 4.69) is 15.9 Å². The molecule has 2 aromatic carbocycles. The van der Waals surface area contributed by atoms with Crippen molar-refractivity contribution in [2.24, 2.45) is 0 Å². The van der Waals surface area contributed by atoms with E-state index in [9.17, 15) is 5.11 Å². The number of aliphatic hydroxyl groups is 1. The van der Waals surface area contributed by atoms with E-state index in [1.54, 1.807) is 36.4 Å². The van der Waals surface area contributed by atoms with Crippen LogP contribution in [-0.2, 0) is 0 Å². The van der Waals surface area contributed by atoms with E-state index in [-0.39, 0.29) is 0 Å². The molecule has 0 spiro atoms. The van der Waals surface area contributed by atoms with Crippen molar-refractivity contribution in [2.45, 2.75) is 6.10 Å². The molecule has 2 aromatic rings. The molecular formula is C13H9BrCl2O. The molecule has 0 radical (unpaired) electrons. The van der Waals surface area contributed by atoms with Crippen LogP contribution >= 0.6 is 39.1 Å². The molecule has 1 N–H and O–H groups in total. The summed E-state index contributed by atoms with van der Waals surface area (Å²) in [6.07, 6.45) is -0.722. The molecule has 0 amide bonds. The van der Waals surface area contributed by atoms with E-state index in [1.165, 1.54) is 0 Å². The van der Waals surface area contributed by atoms with Crippen LogP contribution in [0.1, 0.15) is 17.2 Å². The summed E-state index contributed by atoms with van der Waals surface area (Å²) in [7, 11) is 0. The lowest BCUT2D eigenvalue weighted by atomic mass is 10.0. The fourth-order valence-corrected chi connectivity index (χ4v) is 2.32. The first-order valence-corrected chi connectivity index (χ1v) is 6.51. The zero-order valence-corrected chi connectivity index (χ0v) is 11.8. The summed E-state index contributed by atoms with van der Waals surface area (Å²) in [5.74, 6) is 0. The van der Waals surface area contributed by atoms with Gasteiger partial charge < -0.3 is 5.11 Å². The Morgan fingerprint density at radius 3 is 2.18 bits per heavy atom. The Morgan fingerprint density at radius 1 is 0.941 bits per heavy atom. The Labute approximate surface area is 118 Å². The lowest BCUT2D eigenvalue weighted by molar-refractivity contribution is 0.219. The molecule has 0 bridgehead atoms. The Hall–Kier alpha value is -0.540. The molecule has 0 saturated heterocycles. The fourth-order valence-electron chi connectivity index (χ4n) is 1.55. The second kappa shape index (κ2) is 5.40. The molecule has 0 aliphatic heterocycles. The summed E-state index contributed by atoms with van der Waals surface area (Å²) in [6, 6.07) is 12.4. The number of rotatable bonds is 2. The van der Waals surface area contributed by atoms with Crippen LogP contribution < -0.4 is 0 Å². The summed E-state index contributed by atoms with van der Waals surface area (Å²) in [5, 5.41) is 11.5. The average Bonchev–Trinajstić information content (AvgIpc) is 2.32. The van der Waals surface area contributed by atoms with Crippen LogP contribution in [0.15, 0.2) is 46.9 Å². The molecule has 88 valence electrons. The Bertz CT molecular complexity index is 525. The first-order valence-electron chi connectivity index (χ1n) is 4.96. The van der Waals surface area contributed by atoms with E-state index < -0.39 is 6.10 Å². The molecule has 0 fully saturated rings. The topological polar surface area (TPSA) is 20.2 Å². The predicted octanol–water partition coefficient (Wildman–Crippen LogP) is 4.84. The van der Waals surface area contributed by atoms with Crippen molar-refractivity contribution in [3.63, 3.8) is 0 Å². The van der Waals surface area contributed by atoms with Crippen molar-refractivity contribution in [1.82, 2.24) is 0 Å². The molecule has 1 atom stereocenters. The van der Waals surface area contributed by atoms with Crippen LogP contribution in [0.25, 0.3) is 0 Å². The van der Waals surface area contributed by atoms with Gasteiger partial charge in [-0.15, -0.1) is 0 Å². The third-order valence-electron chi connectivity index (χ3n) is 2.44. The van der Waals surface area contributed by atoms with Gasteiger partial charge in [0.1, 0.15) is 6.10 Å². The summed E-state index contributed by atoms with van der Waals surface area (Å²) in [5.41, 5.74) is 1.51. The molecule has 0 aliphatic carbocycles. The zero-order chi connectivity index (χ0) is 12.4. The number of benzene rings is 2. The van der Waals surface area contributed by atoms with Gasteiger partial charge in [-0.1, -0.05) is 51.3 Å². The number of hydrogen-bond donors (Lipinski definition) is 1. The fraction of sp³-hybridized carbons (Fsp3) is 0.0769. The third-order valence-corrected chi connectivity index (χ3v) is 3.65. The van der Waals surface area contributed by atoms with Crippen LogP contribution in [-0.4, -0.2) is 5.11 Å². The molecule has 0 heterocycles. The lowest BCUT2D eigenvalue weighted by Gasteiger charge is -2.13. The SMILES string of the molecule is OC(c1ccc(Cl)cc1)c1cc(Cl)ccc1Br. The highest BCUT2D eigenvalue weighted by molar-refractivity contribution is 9.10.